The van der Waals surface area contributed by atoms with Gasteiger partial charge < -0.3 is 10.1 Å². The van der Waals surface area contributed by atoms with Crippen LogP contribution < -0.4 is 14.8 Å². The standard InChI is InChI=1S/C20H26N2O4S/c1-14(15-9-7-6-8-10-15)21-19(23)16-11-12-17(26-5)18(13-16)27(24,25)22-20(2,3)4/h6-14,22H,1-5H3,(H,21,23). The zero-order valence-electron chi connectivity index (χ0n) is 16.2. The van der Waals surface area contributed by atoms with Crippen LogP contribution in [0.2, 0.25) is 0 Å². The average Bonchev–Trinajstić information content (AvgIpc) is 2.59. The molecule has 1 unspecified atom stereocenters. The van der Waals surface area contributed by atoms with Crippen LogP contribution in [0.4, 0.5) is 0 Å². The first kappa shape index (κ1) is 20.9. The monoisotopic (exact) mass is 390 g/mol. The number of ether oxygens (including phenoxy) is 1. The molecule has 0 aliphatic carbocycles. The molecule has 1 amide bonds. The zero-order chi connectivity index (χ0) is 20.2. The van der Waals surface area contributed by atoms with Gasteiger partial charge >= 0.3 is 0 Å². The van der Waals surface area contributed by atoms with Crippen molar-refractivity contribution in [1.82, 2.24) is 10.0 Å². The van der Waals surface area contributed by atoms with Crippen molar-refractivity contribution in [2.75, 3.05) is 7.11 Å². The van der Waals surface area contributed by atoms with Gasteiger partial charge in [0.2, 0.25) is 10.0 Å². The van der Waals surface area contributed by atoms with Gasteiger partial charge in [0.25, 0.3) is 5.91 Å². The summed E-state index contributed by atoms with van der Waals surface area (Å²) in [6.45, 7) is 7.11. The summed E-state index contributed by atoms with van der Waals surface area (Å²) >= 11 is 0. The Balaban J connectivity index is 2.32. The van der Waals surface area contributed by atoms with E-state index in [2.05, 4.69) is 10.0 Å². The number of nitrogens with one attached hydrogen (secondary N) is 2. The van der Waals surface area contributed by atoms with E-state index in [0.717, 1.165) is 5.56 Å². The maximum Gasteiger partial charge on any atom is 0.251 e. The Hall–Kier alpha value is -2.38. The Labute approximate surface area is 161 Å². The molecule has 1 atom stereocenters. The topological polar surface area (TPSA) is 84.5 Å². The summed E-state index contributed by atoms with van der Waals surface area (Å²) < 4.78 is 33.2. The van der Waals surface area contributed by atoms with Crippen LogP contribution >= 0.6 is 0 Å². The summed E-state index contributed by atoms with van der Waals surface area (Å²) in [5.41, 5.74) is 0.540. The Bertz CT molecular complexity index is 903. The molecule has 0 bridgehead atoms. The first-order valence-electron chi connectivity index (χ1n) is 8.61. The molecule has 27 heavy (non-hydrogen) atoms. The molecule has 2 N–H and O–H groups in total. The molecule has 0 saturated carbocycles. The summed E-state index contributed by atoms with van der Waals surface area (Å²) in [6, 6.07) is 13.7. The second-order valence-corrected chi connectivity index (χ2v) is 8.98. The number of rotatable bonds is 6. The van der Waals surface area contributed by atoms with Gasteiger partial charge in [-0.25, -0.2) is 13.1 Å². The van der Waals surface area contributed by atoms with Crippen molar-refractivity contribution in [2.24, 2.45) is 0 Å². The molecule has 0 spiro atoms. The third-order valence-corrected chi connectivity index (χ3v) is 5.58. The summed E-state index contributed by atoms with van der Waals surface area (Å²) in [7, 11) is -2.46. The van der Waals surface area contributed by atoms with Crippen LogP contribution in [0, 0.1) is 0 Å². The number of hydrogen-bond donors (Lipinski definition) is 2. The number of carbonyl (C=O) groups is 1. The summed E-state index contributed by atoms with van der Waals surface area (Å²) in [5.74, 6) is -0.180. The van der Waals surface area contributed by atoms with Crippen LogP contribution in [0.15, 0.2) is 53.4 Å². The highest BCUT2D eigenvalue weighted by molar-refractivity contribution is 7.89. The molecule has 0 aromatic heterocycles. The molecule has 0 aliphatic heterocycles. The predicted molar refractivity (Wildman–Crippen MR) is 105 cm³/mol. The molecule has 2 aromatic rings. The van der Waals surface area contributed by atoms with E-state index < -0.39 is 15.6 Å². The van der Waals surface area contributed by atoms with Gasteiger partial charge in [-0.15, -0.1) is 0 Å². The predicted octanol–water partition coefficient (Wildman–Crippen LogP) is 3.26. The van der Waals surface area contributed by atoms with Gasteiger partial charge in [0.05, 0.1) is 13.2 Å². The van der Waals surface area contributed by atoms with Crippen LogP contribution in [0.3, 0.4) is 0 Å². The van der Waals surface area contributed by atoms with E-state index in [-0.39, 0.29) is 28.2 Å². The van der Waals surface area contributed by atoms with Gasteiger partial charge in [-0.3, -0.25) is 4.79 Å². The first-order chi connectivity index (χ1) is 12.5. The van der Waals surface area contributed by atoms with Crippen molar-refractivity contribution < 1.29 is 17.9 Å². The third-order valence-electron chi connectivity index (χ3n) is 3.80. The Morgan fingerprint density at radius 3 is 2.26 bits per heavy atom. The Morgan fingerprint density at radius 2 is 1.70 bits per heavy atom. The molecule has 146 valence electrons. The van der Waals surface area contributed by atoms with Gasteiger partial charge in [-0.2, -0.15) is 0 Å². The van der Waals surface area contributed by atoms with E-state index >= 15 is 0 Å². The average molecular weight is 391 g/mol. The van der Waals surface area contributed by atoms with Crippen molar-refractivity contribution in [3.8, 4) is 5.75 Å². The highest BCUT2D eigenvalue weighted by atomic mass is 32.2. The van der Waals surface area contributed by atoms with Crippen molar-refractivity contribution in [3.05, 3.63) is 59.7 Å². The van der Waals surface area contributed by atoms with E-state index in [1.54, 1.807) is 26.8 Å². The molecular weight excluding hydrogens is 364 g/mol. The minimum Gasteiger partial charge on any atom is -0.495 e. The van der Waals surface area contributed by atoms with Crippen LogP contribution in [0.25, 0.3) is 0 Å². The molecule has 0 aliphatic rings. The van der Waals surface area contributed by atoms with Gasteiger partial charge in [-0.1, -0.05) is 30.3 Å². The van der Waals surface area contributed by atoms with Crippen LogP contribution in [-0.4, -0.2) is 27.0 Å². The number of methoxy groups -OCH3 is 1. The van der Waals surface area contributed by atoms with Gasteiger partial charge in [-0.05, 0) is 51.5 Å². The van der Waals surface area contributed by atoms with E-state index in [1.807, 2.05) is 37.3 Å². The molecule has 0 heterocycles. The van der Waals surface area contributed by atoms with Gasteiger partial charge in [0.15, 0.2) is 0 Å². The molecule has 7 heteroatoms. The lowest BCUT2D eigenvalue weighted by molar-refractivity contribution is 0.0939. The molecule has 2 rings (SSSR count). The summed E-state index contributed by atoms with van der Waals surface area (Å²) in [4.78, 5) is 12.6. The van der Waals surface area contributed by atoms with Crippen molar-refractivity contribution in [3.63, 3.8) is 0 Å². The van der Waals surface area contributed by atoms with Crippen LogP contribution in [0.5, 0.6) is 5.75 Å². The fraction of sp³-hybridized carbons (Fsp3) is 0.350. The zero-order valence-corrected chi connectivity index (χ0v) is 17.1. The molecule has 2 aromatic carbocycles. The van der Waals surface area contributed by atoms with E-state index in [9.17, 15) is 13.2 Å². The molecule has 0 saturated heterocycles. The summed E-state index contributed by atoms with van der Waals surface area (Å²) in [6.07, 6.45) is 0. The van der Waals surface area contributed by atoms with Crippen molar-refractivity contribution >= 4 is 15.9 Å². The highest BCUT2D eigenvalue weighted by Gasteiger charge is 2.26. The van der Waals surface area contributed by atoms with Crippen molar-refractivity contribution in [1.29, 1.82) is 0 Å². The number of benzene rings is 2. The highest BCUT2D eigenvalue weighted by Crippen LogP contribution is 2.26. The van der Waals surface area contributed by atoms with Crippen molar-refractivity contribution in [2.45, 2.75) is 44.2 Å². The molecule has 6 nitrogen and oxygen atoms in total. The van der Waals surface area contributed by atoms with Gasteiger partial charge in [0.1, 0.15) is 10.6 Å². The van der Waals surface area contributed by atoms with E-state index in [0.29, 0.717) is 0 Å². The minimum absolute atomic E-state index is 0.0695. The number of hydrogen-bond acceptors (Lipinski definition) is 4. The number of sulfonamides is 1. The maximum absolute atomic E-state index is 12.7. The second kappa shape index (κ2) is 8.10. The first-order valence-corrected chi connectivity index (χ1v) is 10.1. The molecule has 0 radical (unpaired) electrons. The number of carbonyl (C=O) groups excluding carboxylic acids is 1. The fourth-order valence-corrected chi connectivity index (χ4v) is 4.21. The molecule has 0 fully saturated rings. The van der Waals surface area contributed by atoms with Gasteiger partial charge in [0, 0.05) is 11.1 Å². The second-order valence-electron chi connectivity index (χ2n) is 7.33. The Kier molecular flexibility index (Phi) is 6.28. The normalized spacial score (nSPS) is 13.1. The van der Waals surface area contributed by atoms with Crippen LogP contribution in [0.1, 0.15) is 49.7 Å². The third kappa shape index (κ3) is 5.55. The lowest BCUT2D eigenvalue weighted by Crippen LogP contribution is -2.40. The maximum atomic E-state index is 12.7. The number of amides is 1. The van der Waals surface area contributed by atoms with Crippen LogP contribution in [-0.2, 0) is 10.0 Å². The lowest BCUT2D eigenvalue weighted by atomic mass is 10.1. The summed E-state index contributed by atoms with van der Waals surface area (Å²) in [5, 5.41) is 2.88. The van der Waals surface area contributed by atoms with E-state index in [1.165, 1.54) is 19.2 Å². The SMILES string of the molecule is COc1ccc(C(=O)NC(C)c2ccccc2)cc1S(=O)(=O)NC(C)(C)C. The minimum atomic E-state index is -3.85. The largest absolute Gasteiger partial charge is 0.495 e. The Morgan fingerprint density at radius 1 is 1.07 bits per heavy atom. The fourth-order valence-electron chi connectivity index (χ4n) is 2.59. The van der Waals surface area contributed by atoms with E-state index in [4.69, 9.17) is 4.74 Å². The lowest BCUT2D eigenvalue weighted by Gasteiger charge is -2.21. The smallest absolute Gasteiger partial charge is 0.251 e. The molecular formula is C20H26N2O4S. The quantitative estimate of drug-likeness (QED) is 0.793.